The third-order valence-electron chi connectivity index (χ3n) is 2.87. The van der Waals surface area contributed by atoms with Crippen molar-refractivity contribution < 1.29 is 33.8 Å². The molecule has 0 amide bonds. The summed E-state index contributed by atoms with van der Waals surface area (Å²) in [6.45, 7) is -4.50. The number of hydrogen-bond acceptors (Lipinski definition) is 6. The van der Waals surface area contributed by atoms with Crippen molar-refractivity contribution in [2.75, 3.05) is 6.61 Å². The SMILES string of the molecule is O=c1ccn([C@@H]2O[C@H](CO[SH]=P(O)(O)O)[C@@H](O)[C@H]2O)c(=O)[nH]1. The van der Waals surface area contributed by atoms with Gasteiger partial charge < -0.3 is 33.8 Å². The molecular formula is C9H15N2O9PS. The van der Waals surface area contributed by atoms with E-state index in [1.165, 1.54) is 0 Å². The summed E-state index contributed by atoms with van der Waals surface area (Å²) in [6.07, 6.45) is -4.09. The molecule has 1 aromatic heterocycles. The van der Waals surface area contributed by atoms with Gasteiger partial charge in [-0.2, -0.15) is 0 Å². The first-order valence-electron chi connectivity index (χ1n) is 5.94. The van der Waals surface area contributed by atoms with Crippen LogP contribution in [0.4, 0.5) is 0 Å². The van der Waals surface area contributed by atoms with Gasteiger partial charge in [0.05, 0.1) is 6.61 Å². The molecule has 22 heavy (non-hydrogen) atoms. The van der Waals surface area contributed by atoms with E-state index in [1.54, 1.807) is 0 Å². The fourth-order valence-corrected chi connectivity index (χ4v) is 2.94. The molecule has 4 atom stereocenters. The highest BCUT2D eigenvalue weighted by Crippen LogP contribution is 2.32. The molecule has 0 spiro atoms. The summed E-state index contributed by atoms with van der Waals surface area (Å²) >= 11 is -0.496. The van der Waals surface area contributed by atoms with Crippen LogP contribution in [0.15, 0.2) is 21.9 Å². The van der Waals surface area contributed by atoms with E-state index in [-0.39, 0.29) is 6.61 Å². The number of aliphatic hydroxyl groups excluding tert-OH is 2. The Morgan fingerprint density at radius 3 is 2.59 bits per heavy atom. The number of aromatic amines is 1. The molecule has 1 saturated heterocycles. The number of aliphatic hydroxyl groups is 2. The summed E-state index contributed by atoms with van der Waals surface area (Å²) in [7, 11) is 0. The fraction of sp³-hybridized carbons (Fsp3) is 0.556. The second-order valence-electron chi connectivity index (χ2n) is 4.48. The van der Waals surface area contributed by atoms with Gasteiger partial charge in [0.25, 0.3) is 12.3 Å². The Bertz CT molecular complexity index is 689. The van der Waals surface area contributed by atoms with Gasteiger partial charge >= 0.3 is 5.69 Å². The fourth-order valence-electron chi connectivity index (χ4n) is 1.91. The zero-order valence-electron chi connectivity index (χ0n) is 10.9. The number of rotatable bonds is 4. The van der Waals surface area contributed by atoms with Crippen molar-refractivity contribution in [3.63, 3.8) is 0 Å². The van der Waals surface area contributed by atoms with E-state index in [9.17, 15) is 19.8 Å². The van der Waals surface area contributed by atoms with Gasteiger partial charge in [0.15, 0.2) is 6.23 Å². The van der Waals surface area contributed by atoms with Crippen LogP contribution in [0.5, 0.6) is 0 Å². The third-order valence-corrected chi connectivity index (χ3v) is 4.36. The molecule has 0 radical (unpaired) electrons. The van der Waals surface area contributed by atoms with Crippen molar-refractivity contribution in [1.82, 2.24) is 9.55 Å². The van der Waals surface area contributed by atoms with Gasteiger partial charge in [0, 0.05) is 12.3 Å². The number of nitrogens with one attached hydrogen (secondary N) is 1. The molecule has 1 aliphatic rings. The Labute approximate surface area is 126 Å². The highest BCUT2D eigenvalue weighted by molar-refractivity contribution is 8.13. The van der Waals surface area contributed by atoms with E-state index in [1.807, 2.05) is 4.98 Å². The number of H-pyrrole nitrogens is 1. The van der Waals surface area contributed by atoms with Gasteiger partial charge in [-0.25, -0.2) is 4.79 Å². The van der Waals surface area contributed by atoms with Crippen LogP contribution in [0.1, 0.15) is 6.23 Å². The highest BCUT2D eigenvalue weighted by atomic mass is 32.5. The molecule has 6 N–H and O–H groups in total. The maximum Gasteiger partial charge on any atom is 0.330 e. The Kier molecular flexibility index (Phi) is 5.37. The monoisotopic (exact) mass is 358 g/mol. The Morgan fingerprint density at radius 2 is 2.00 bits per heavy atom. The van der Waals surface area contributed by atoms with Crippen molar-refractivity contribution in [3.8, 4) is 0 Å². The summed E-state index contributed by atoms with van der Waals surface area (Å²) in [5.74, 6) is 0. The molecule has 1 aliphatic heterocycles. The van der Waals surface area contributed by atoms with Crippen LogP contribution in [-0.4, -0.2) is 59.4 Å². The number of nitrogens with zero attached hydrogens (tertiary/aromatic N) is 1. The first-order chi connectivity index (χ1) is 10.2. The number of aromatic nitrogens is 2. The second-order valence-corrected chi connectivity index (χ2v) is 8.07. The lowest BCUT2D eigenvalue weighted by Crippen LogP contribution is -2.37. The highest BCUT2D eigenvalue weighted by Gasteiger charge is 2.44. The second kappa shape index (κ2) is 6.74. The van der Waals surface area contributed by atoms with Crippen molar-refractivity contribution in [2.24, 2.45) is 0 Å². The molecule has 126 valence electrons. The quantitative estimate of drug-likeness (QED) is 0.213. The van der Waals surface area contributed by atoms with Crippen molar-refractivity contribution in [2.45, 2.75) is 24.5 Å². The predicted octanol–water partition coefficient (Wildman–Crippen LogP) is -3.44. The molecule has 11 nitrogen and oxygen atoms in total. The molecule has 0 bridgehead atoms. The minimum atomic E-state index is -4.14. The van der Waals surface area contributed by atoms with E-state index >= 15 is 0 Å². The Balaban J connectivity index is 2.13. The van der Waals surface area contributed by atoms with Crippen LogP contribution in [0, 0.1) is 0 Å². The number of hydrogen-bond donors (Lipinski definition) is 7. The summed E-state index contributed by atoms with van der Waals surface area (Å²) in [6, 6.07) is 1.05. The summed E-state index contributed by atoms with van der Waals surface area (Å²) in [5, 5.41) is 19.7. The van der Waals surface area contributed by atoms with Gasteiger partial charge in [-0.05, 0) is 11.2 Å². The molecule has 0 aromatic carbocycles. The normalized spacial score (nSPS) is 29.0. The van der Waals surface area contributed by atoms with E-state index in [0.717, 1.165) is 16.8 Å². The molecule has 13 heteroatoms. The lowest BCUT2D eigenvalue weighted by Gasteiger charge is -2.16. The largest absolute Gasteiger partial charge is 0.387 e. The van der Waals surface area contributed by atoms with E-state index in [0.29, 0.717) is 0 Å². The topological polar surface area (TPSA) is 174 Å². The van der Waals surface area contributed by atoms with Crippen LogP contribution in [0.25, 0.3) is 0 Å². The molecule has 1 aromatic rings. The van der Waals surface area contributed by atoms with Gasteiger partial charge in [-0.3, -0.25) is 14.3 Å². The summed E-state index contributed by atoms with van der Waals surface area (Å²) < 4.78 is 10.9. The average molecular weight is 358 g/mol. The van der Waals surface area contributed by atoms with Gasteiger partial charge in [-0.15, -0.1) is 0 Å². The van der Waals surface area contributed by atoms with Crippen molar-refractivity contribution in [1.29, 1.82) is 0 Å². The first kappa shape index (κ1) is 17.5. The van der Waals surface area contributed by atoms with Gasteiger partial charge in [-0.1, -0.05) is 0 Å². The van der Waals surface area contributed by atoms with E-state index in [2.05, 4.69) is 0 Å². The number of ether oxygens (including phenoxy) is 1. The van der Waals surface area contributed by atoms with Gasteiger partial charge in [0.2, 0.25) is 0 Å². The van der Waals surface area contributed by atoms with E-state index in [4.69, 9.17) is 23.6 Å². The molecule has 2 rings (SSSR count). The maximum atomic E-state index is 11.6. The molecule has 1 fully saturated rings. The van der Waals surface area contributed by atoms with Crippen LogP contribution >= 0.6 is 6.72 Å². The Hall–Kier alpha value is -0.820. The third kappa shape index (κ3) is 4.13. The van der Waals surface area contributed by atoms with E-state index < -0.39 is 53.7 Å². The van der Waals surface area contributed by atoms with Crippen molar-refractivity contribution in [3.05, 3.63) is 33.1 Å². The molecule has 0 unspecified atom stereocenters. The predicted molar refractivity (Wildman–Crippen MR) is 75.5 cm³/mol. The number of thiol groups is 1. The standard InChI is InChI=1S/C9H15N2O9PS/c12-5-1-2-11(9(15)10-5)8-7(14)6(13)4(20-8)3-19-22-21(16,17)18/h1-2,4,6-8,13-14,16-18,22H,3H2,(H,10,12,15)/t4-,6-,7-,8-/m1/s1. The average Bonchev–Trinajstić information content (AvgIpc) is 2.66. The van der Waals surface area contributed by atoms with Gasteiger partial charge in [0.1, 0.15) is 18.3 Å². The lowest BCUT2D eigenvalue weighted by atomic mass is 10.1. The lowest BCUT2D eigenvalue weighted by molar-refractivity contribution is -0.0496. The first-order valence-corrected chi connectivity index (χ1v) is 9.10. The zero-order valence-corrected chi connectivity index (χ0v) is 12.7. The summed E-state index contributed by atoms with van der Waals surface area (Å²) in [5.41, 5.74) is -1.45. The molecule has 0 saturated carbocycles. The van der Waals surface area contributed by atoms with Crippen LogP contribution in [0.3, 0.4) is 0 Å². The molecular weight excluding hydrogens is 343 g/mol. The van der Waals surface area contributed by atoms with Crippen LogP contribution in [0.2, 0.25) is 0 Å². The smallest absolute Gasteiger partial charge is 0.330 e. The van der Waals surface area contributed by atoms with Crippen LogP contribution in [-0.2, 0) is 20.1 Å². The van der Waals surface area contributed by atoms with Crippen LogP contribution < -0.4 is 11.2 Å². The molecule has 0 aliphatic carbocycles. The minimum Gasteiger partial charge on any atom is -0.387 e. The Morgan fingerprint density at radius 1 is 1.32 bits per heavy atom. The summed E-state index contributed by atoms with van der Waals surface area (Å²) in [4.78, 5) is 50.9. The molecule has 2 heterocycles. The van der Waals surface area contributed by atoms with Crippen molar-refractivity contribution >= 4 is 17.9 Å². The minimum absolute atomic E-state index is 0.363. The zero-order chi connectivity index (χ0) is 16.5. The maximum absolute atomic E-state index is 11.6.